The van der Waals surface area contributed by atoms with E-state index in [0.717, 1.165) is 21.8 Å². The third-order valence-corrected chi connectivity index (χ3v) is 4.16. The molecule has 2 heterocycles. The Balaban J connectivity index is 1.78. The third kappa shape index (κ3) is 2.90. The van der Waals surface area contributed by atoms with Gasteiger partial charge in [-0.1, -0.05) is 36.5 Å². The standard InChI is InChI=1S/C15H14N4OS/c1-2-12-18-19-13(21-12)9-17-15(20)11-7-3-5-10-6-4-8-16-14(10)11/h3-8H,2,9H2,1H3,(H,17,20). The number of nitrogens with zero attached hydrogens (tertiary/aromatic N) is 3. The fraction of sp³-hybridized carbons (Fsp3) is 0.200. The van der Waals surface area contributed by atoms with Crippen LogP contribution in [0.2, 0.25) is 0 Å². The predicted octanol–water partition coefficient (Wildman–Crippen LogP) is 2.58. The zero-order valence-corrected chi connectivity index (χ0v) is 12.4. The number of para-hydroxylation sites is 1. The van der Waals surface area contributed by atoms with Gasteiger partial charge < -0.3 is 5.32 Å². The topological polar surface area (TPSA) is 67.8 Å². The second kappa shape index (κ2) is 5.97. The van der Waals surface area contributed by atoms with Crippen LogP contribution in [0.15, 0.2) is 36.5 Å². The van der Waals surface area contributed by atoms with Crippen molar-refractivity contribution in [3.05, 3.63) is 52.1 Å². The van der Waals surface area contributed by atoms with Crippen LogP contribution < -0.4 is 5.32 Å². The zero-order valence-electron chi connectivity index (χ0n) is 11.5. The lowest BCUT2D eigenvalue weighted by molar-refractivity contribution is 0.0952. The van der Waals surface area contributed by atoms with E-state index in [1.807, 2.05) is 31.2 Å². The molecule has 0 aliphatic rings. The molecule has 106 valence electrons. The SMILES string of the molecule is CCc1nnc(CNC(=O)c2cccc3cccnc23)s1. The number of nitrogens with one attached hydrogen (secondary N) is 1. The first kappa shape index (κ1) is 13.6. The van der Waals surface area contributed by atoms with Gasteiger partial charge >= 0.3 is 0 Å². The molecule has 0 fully saturated rings. The minimum atomic E-state index is -0.146. The quantitative estimate of drug-likeness (QED) is 0.804. The molecule has 0 spiro atoms. The Morgan fingerprint density at radius 3 is 2.81 bits per heavy atom. The van der Waals surface area contributed by atoms with Gasteiger partial charge in [0, 0.05) is 11.6 Å². The summed E-state index contributed by atoms with van der Waals surface area (Å²) in [5, 5.41) is 13.7. The normalized spacial score (nSPS) is 10.7. The van der Waals surface area contributed by atoms with Crippen molar-refractivity contribution in [2.24, 2.45) is 0 Å². The van der Waals surface area contributed by atoms with Crippen LogP contribution in [0.4, 0.5) is 0 Å². The van der Waals surface area contributed by atoms with Crippen molar-refractivity contribution in [2.45, 2.75) is 19.9 Å². The van der Waals surface area contributed by atoms with E-state index in [4.69, 9.17) is 0 Å². The third-order valence-electron chi connectivity index (χ3n) is 3.09. The molecule has 0 radical (unpaired) electrons. The summed E-state index contributed by atoms with van der Waals surface area (Å²) in [4.78, 5) is 16.6. The molecule has 3 aromatic rings. The molecule has 0 saturated heterocycles. The Bertz CT molecular complexity index is 779. The van der Waals surface area contributed by atoms with Gasteiger partial charge in [-0.05, 0) is 18.6 Å². The predicted molar refractivity (Wildman–Crippen MR) is 82.2 cm³/mol. The van der Waals surface area contributed by atoms with Crippen molar-refractivity contribution < 1.29 is 4.79 Å². The summed E-state index contributed by atoms with van der Waals surface area (Å²) in [6.07, 6.45) is 2.55. The van der Waals surface area contributed by atoms with E-state index in [1.54, 1.807) is 12.3 Å². The minimum absolute atomic E-state index is 0.146. The van der Waals surface area contributed by atoms with Crippen molar-refractivity contribution >= 4 is 28.1 Å². The molecule has 0 aliphatic heterocycles. The van der Waals surface area contributed by atoms with Crippen molar-refractivity contribution in [1.29, 1.82) is 0 Å². The van der Waals surface area contributed by atoms with E-state index >= 15 is 0 Å². The number of benzene rings is 1. The largest absolute Gasteiger partial charge is 0.345 e. The first-order valence-electron chi connectivity index (χ1n) is 6.71. The van der Waals surface area contributed by atoms with Crippen molar-refractivity contribution in [2.75, 3.05) is 0 Å². The molecule has 1 aromatic carbocycles. The highest BCUT2D eigenvalue weighted by Gasteiger charge is 2.11. The molecule has 0 unspecified atom stereocenters. The van der Waals surface area contributed by atoms with E-state index in [1.165, 1.54) is 11.3 Å². The number of amides is 1. The lowest BCUT2D eigenvalue weighted by atomic mass is 10.1. The lowest BCUT2D eigenvalue weighted by Gasteiger charge is -2.05. The van der Waals surface area contributed by atoms with E-state index in [-0.39, 0.29) is 5.91 Å². The molecule has 1 amide bonds. The Labute approximate surface area is 126 Å². The number of fused-ring (bicyclic) bond motifs is 1. The maximum absolute atomic E-state index is 12.3. The average molecular weight is 298 g/mol. The van der Waals surface area contributed by atoms with Gasteiger partial charge in [0.2, 0.25) is 0 Å². The summed E-state index contributed by atoms with van der Waals surface area (Å²) in [6, 6.07) is 9.38. The summed E-state index contributed by atoms with van der Waals surface area (Å²) in [5.41, 5.74) is 1.29. The maximum Gasteiger partial charge on any atom is 0.253 e. The van der Waals surface area contributed by atoms with Gasteiger partial charge in [0.1, 0.15) is 10.0 Å². The van der Waals surface area contributed by atoms with Gasteiger partial charge in [0.05, 0.1) is 17.6 Å². The summed E-state index contributed by atoms with van der Waals surface area (Å²) < 4.78 is 0. The molecule has 0 aliphatic carbocycles. The summed E-state index contributed by atoms with van der Waals surface area (Å²) >= 11 is 1.52. The lowest BCUT2D eigenvalue weighted by Crippen LogP contribution is -2.23. The number of hydrogen-bond donors (Lipinski definition) is 1. The molecule has 0 saturated carbocycles. The van der Waals surface area contributed by atoms with E-state index in [0.29, 0.717) is 17.6 Å². The highest BCUT2D eigenvalue weighted by Crippen LogP contribution is 2.16. The molecular weight excluding hydrogens is 284 g/mol. The summed E-state index contributed by atoms with van der Waals surface area (Å²) in [7, 11) is 0. The molecule has 21 heavy (non-hydrogen) atoms. The average Bonchev–Trinajstić information content (AvgIpc) is 3.00. The number of carbonyl (C=O) groups is 1. The first-order valence-corrected chi connectivity index (χ1v) is 7.53. The second-order valence-corrected chi connectivity index (χ2v) is 5.65. The number of hydrogen-bond acceptors (Lipinski definition) is 5. The molecule has 6 heteroatoms. The van der Waals surface area contributed by atoms with Crippen LogP contribution in [0.1, 0.15) is 27.3 Å². The number of carbonyl (C=O) groups excluding carboxylic acids is 1. The Morgan fingerprint density at radius 1 is 1.19 bits per heavy atom. The van der Waals surface area contributed by atoms with Gasteiger partial charge in [-0.2, -0.15) is 0 Å². The van der Waals surface area contributed by atoms with Gasteiger partial charge in [0.25, 0.3) is 5.91 Å². The molecule has 5 nitrogen and oxygen atoms in total. The van der Waals surface area contributed by atoms with Gasteiger partial charge in [-0.15, -0.1) is 10.2 Å². The Kier molecular flexibility index (Phi) is 3.87. The summed E-state index contributed by atoms with van der Waals surface area (Å²) in [5.74, 6) is -0.146. The number of rotatable bonds is 4. The number of pyridine rings is 1. The highest BCUT2D eigenvalue weighted by atomic mass is 32.1. The molecular formula is C15H14N4OS. The van der Waals surface area contributed by atoms with Crippen LogP contribution in [-0.4, -0.2) is 21.1 Å². The zero-order chi connectivity index (χ0) is 14.7. The smallest absolute Gasteiger partial charge is 0.253 e. The van der Waals surface area contributed by atoms with E-state index in [9.17, 15) is 4.79 Å². The van der Waals surface area contributed by atoms with Crippen LogP contribution >= 0.6 is 11.3 Å². The number of aromatic nitrogens is 3. The molecule has 0 atom stereocenters. The monoisotopic (exact) mass is 298 g/mol. The Morgan fingerprint density at radius 2 is 2.00 bits per heavy atom. The van der Waals surface area contributed by atoms with Crippen molar-refractivity contribution in [3.63, 3.8) is 0 Å². The first-order chi connectivity index (χ1) is 10.3. The van der Waals surface area contributed by atoms with Crippen LogP contribution in [0.3, 0.4) is 0 Å². The van der Waals surface area contributed by atoms with Gasteiger partial charge in [-0.25, -0.2) is 0 Å². The van der Waals surface area contributed by atoms with Crippen molar-refractivity contribution in [1.82, 2.24) is 20.5 Å². The number of aryl methyl sites for hydroxylation is 1. The molecule has 3 rings (SSSR count). The van der Waals surface area contributed by atoms with E-state index in [2.05, 4.69) is 20.5 Å². The maximum atomic E-state index is 12.3. The van der Waals surface area contributed by atoms with Crippen LogP contribution in [-0.2, 0) is 13.0 Å². The molecule has 2 aromatic heterocycles. The molecule has 0 bridgehead atoms. The Hall–Kier alpha value is -2.34. The van der Waals surface area contributed by atoms with E-state index < -0.39 is 0 Å². The van der Waals surface area contributed by atoms with Gasteiger partial charge in [-0.3, -0.25) is 9.78 Å². The van der Waals surface area contributed by atoms with Crippen LogP contribution in [0.5, 0.6) is 0 Å². The second-order valence-electron chi connectivity index (χ2n) is 4.51. The fourth-order valence-electron chi connectivity index (χ4n) is 2.04. The molecule has 1 N–H and O–H groups in total. The van der Waals surface area contributed by atoms with Crippen LogP contribution in [0, 0.1) is 0 Å². The summed E-state index contributed by atoms with van der Waals surface area (Å²) in [6.45, 7) is 2.42. The van der Waals surface area contributed by atoms with Gasteiger partial charge in [0.15, 0.2) is 0 Å². The van der Waals surface area contributed by atoms with Crippen LogP contribution in [0.25, 0.3) is 10.9 Å². The fourth-order valence-corrected chi connectivity index (χ4v) is 2.77. The highest BCUT2D eigenvalue weighted by molar-refractivity contribution is 7.11. The minimum Gasteiger partial charge on any atom is -0.345 e. The van der Waals surface area contributed by atoms with Crippen molar-refractivity contribution in [3.8, 4) is 0 Å².